The average Bonchev–Trinajstić information content (AvgIpc) is 2.19. The Bertz CT molecular complexity index is 547. The van der Waals surface area contributed by atoms with Crippen molar-refractivity contribution in [1.29, 1.82) is 0 Å². The van der Waals surface area contributed by atoms with Gasteiger partial charge in [-0.25, -0.2) is 8.42 Å². The molecule has 0 saturated carbocycles. The second-order valence-electron chi connectivity index (χ2n) is 3.27. The maximum atomic E-state index is 11.7. The summed E-state index contributed by atoms with van der Waals surface area (Å²) in [7, 11) is -3.66. The molecular formula is C10H12N2O3S. The zero-order valence-electron chi connectivity index (χ0n) is 8.67. The largest absolute Gasteiger partial charge is 0.398 e. The molecule has 1 rings (SSSR count). The first-order chi connectivity index (χ1) is 7.33. The molecule has 0 radical (unpaired) electrons. The van der Waals surface area contributed by atoms with Gasteiger partial charge in [0.15, 0.2) is 9.84 Å². The van der Waals surface area contributed by atoms with Crippen LogP contribution in [0.15, 0.2) is 34.6 Å². The van der Waals surface area contributed by atoms with Gasteiger partial charge in [0.2, 0.25) is 5.91 Å². The van der Waals surface area contributed by atoms with Crippen molar-refractivity contribution in [2.75, 3.05) is 5.73 Å². The van der Waals surface area contributed by atoms with E-state index in [2.05, 4.69) is 0 Å². The number of primary amides is 1. The quantitative estimate of drug-likeness (QED) is 0.587. The van der Waals surface area contributed by atoms with Crippen molar-refractivity contribution in [3.05, 3.63) is 35.2 Å². The van der Waals surface area contributed by atoms with Gasteiger partial charge in [-0.2, -0.15) is 0 Å². The van der Waals surface area contributed by atoms with E-state index in [-0.39, 0.29) is 4.90 Å². The highest BCUT2D eigenvalue weighted by molar-refractivity contribution is 7.94. The fraction of sp³-hybridized carbons (Fsp3) is 0.100. The molecule has 0 atom stereocenters. The van der Waals surface area contributed by atoms with Gasteiger partial charge in [-0.15, -0.1) is 0 Å². The first-order valence-corrected chi connectivity index (χ1v) is 5.96. The summed E-state index contributed by atoms with van der Waals surface area (Å²) in [6.07, 6.45) is 0.797. The maximum Gasteiger partial charge on any atom is 0.242 e. The first-order valence-electron chi connectivity index (χ1n) is 4.41. The van der Waals surface area contributed by atoms with Gasteiger partial charge in [0.25, 0.3) is 0 Å². The Morgan fingerprint density at radius 2 is 2.00 bits per heavy atom. The molecule has 0 unspecified atom stereocenters. The van der Waals surface area contributed by atoms with Gasteiger partial charge < -0.3 is 11.5 Å². The third kappa shape index (κ3) is 2.83. The summed E-state index contributed by atoms with van der Waals surface area (Å²) in [5, 5.41) is 0.763. The number of sulfone groups is 1. The van der Waals surface area contributed by atoms with Crippen LogP contribution in [0.1, 0.15) is 5.56 Å². The number of rotatable bonds is 3. The highest BCUT2D eigenvalue weighted by Gasteiger charge is 2.11. The number of nitrogens with two attached hydrogens (primary N) is 2. The number of hydrogen-bond donors (Lipinski definition) is 2. The lowest BCUT2D eigenvalue weighted by Crippen LogP contribution is -2.07. The molecule has 0 aliphatic carbocycles. The van der Waals surface area contributed by atoms with E-state index in [1.807, 2.05) is 0 Å². The molecular weight excluding hydrogens is 228 g/mol. The zero-order chi connectivity index (χ0) is 12.3. The number of nitrogen functional groups attached to an aromatic ring is 1. The highest BCUT2D eigenvalue weighted by atomic mass is 32.2. The van der Waals surface area contributed by atoms with E-state index in [1.54, 1.807) is 13.0 Å². The Labute approximate surface area is 93.7 Å². The summed E-state index contributed by atoms with van der Waals surface area (Å²) in [4.78, 5) is 10.5. The third-order valence-electron chi connectivity index (χ3n) is 1.99. The molecule has 16 heavy (non-hydrogen) atoms. The van der Waals surface area contributed by atoms with Gasteiger partial charge in [-0.1, -0.05) is 6.07 Å². The van der Waals surface area contributed by atoms with E-state index in [0.29, 0.717) is 5.69 Å². The fourth-order valence-electron chi connectivity index (χ4n) is 1.03. The Balaban J connectivity index is 3.18. The van der Waals surface area contributed by atoms with Crippen LogP contribution >= 0.6 is 0 Å². The summed E-state index contributed by atoms with van der Waals surface area (Å²) >= 11 is 0. The average molecular weight is 240 g/mol. The molecule has 5 nitrogen and oxygen atoms in total. The Kier molecular flexibility index (Phi) is 3.34. The van der Waals surface area contributed by atoms with Crippen LogP contribution < -0.4 is 11.5 Å². The van der Waals surface area contributed by atoms with Gasteiger partial charge in [0, 0.05) is 17.2 Å². The van der Waals surface area contributed by atoms with Crippen molar-refractivity contribution < 1.29 is 13.2 Å². The van der Waals surface area contributed by atoms with E-state index < -0.39 is 15.7 Å². The second-order valence-corrected chi connectivity index (χ2v) is 5.10. The van der Waals surface area contributed by atoms with Crippen molar-refractivity contribution >= 4 is 21.4 Å². The van der Waals surface area contributed by atoms with Crippen LogP contribution in [0.2, 0.25) is 0 Å². The number of anilines is 1. The zero-order valence-corrected chi connectivity index (χ0v) is 9.49. The molecule has 0 aliphatic heterocycles. The summed E-state index contributed by atoms with van der Waals surface area (Å²) in [6, 6.07) is 4.36. The molecule has 0 bridgehead atoms. The van der Waals surface area contributed by atoms with Crippen molar-refractivity contribution in [2.24, 2.45) is 5.73 Å². The van der Waals surface area contributed by atoms with Crippen LogP contribution in [0.4, 0.5) is 5.69 Å². The van der Waals surface area contributed by atoms with Crippen molar-refractivity contribution in [2.45, 2.75) is 11.8 Å². The van der Waals surface area contributed by atoms with E-state index in [4.69, 9.17) is 11.5 Å². The molecule has 0 heterocycles. The van der Waals surface area contributed by atoms with Crippen LogP contribution in [0.5, 0.6) is 0 Å². The lowest BCUT2D eigenvalue weighted by Gasteiger charge is -2.03. The van der Waals surface area contributed by atoms with Crippen LogP contribution in [-0.4, -0.2) is 14.3 Å². The molecule has 0 fully saturated rings. The van der Waals surface area contributed by atoms with E-state index in [0.717, 1.165) is 17.0 Å². The molecule has 6 heteroatoms. The van der Waals surface area contributed by atoms with Crippen LogP contribution in [-0.2, 0) is 14.6 Å². The topological polar surface area (TPSA) is 103 Å². The van der Waals surface area contributed by atoms with E-state index in [1.165, 1.54) is 12.1 Å². The summed E-state index contributed by atoms with van der Waals surface area (Å²) < 4.78 is 23.3. The van der Waals surface area contributed by atoms with Crippen LogP contribution in [0.25, 0.3) is 0 Å². The SMILES string of the molecule is Cc1ccc(S(=O)(=O)/C=C\C(N)=O)cc1N. The molecule has 86 valence electrons. The Hall–Kier alpha value is -1.82. The van der Waals surface area contributed by atoms with Crippen LogP contribution in [0, 0.1) is 6.92 Å². The number of carbonyl (C=O) groups excluding carboxylic acids is 1. The highest BCUT2D eigenvalue weighted by Crippen LogP contribution is 2.18. The predicted octanol–water partition coefficient (Wildman–Crippen LogP) is 0.350. The van der Waals surface area contributed by atoms with Gasteiger partial charge >= 0.3 is 0 Å². The molecule has 0 aromatic heterocycles. The van der Waals surface area contributed by atoms with E-state index in [9.17, 15) is 13.2 Å². The number of hydrogen-bond acceptors (Lipinski definition) is 4. The smallest absolute Gasteiger partial charge is 0.242 e. The molecule has 4 N–H and O–H groups in total. The second kappa shape index (κ2) is 4.36. The van der Waals surface area contributed by atoms with Crippen LogP contribution in [0.3, 0.4) is 0 Å². The van der Waals surface area contributed by atoms with Gasteiger partial charge in [0.1, 0.15) is 0 Å². The third-order valence-corrected chi connectivity index (χ3v) is 3.40. The minimum Gasteiger partial charge on any atom is -0.398 e. The number of carbonyl (C=O) groups is 1. The number of aryl methyl sites for hydroxylation is 1. The van der Waals surface area contributed by atoms with Gasteiger partial charge in [-0.05, 0) is 24.6 Å². The number of amides is 1. The maximum absolute atomic E-state index is 11.7. The monoisotopic (exact) mass is 240 g/mol. The van der Waals surface area contributed by atoms with Crippen molar-refractivity contribution in [3.8, 4) is 0 Å². The Morgan fingerprint density at radius 1 is 1.38 bits per heavy atom. The Morgan fingerprint density at radius 3 is 2.50 bits per heavy atom. The molecule has 1 amide bonds. The van der Waals surface area contributed by atoms with Gasteiger partial charge in [-0.3, -0.25) is 4.79 Å². The lowest BCUT2D eigenvalue weighted by atomic mass is 10.2. The summed E-state index contributed by atoms with van der Waals surface area (Å²) in [5.41, 5.74) is 11.6. The normalized spacial score (nSPS) is 11.8. The minimum absolute atomic E-state index is 0.0353. The predicted molar refractivity (Wildman–Crippen MR) is 61.1 cm³/mol. The minimum atomic E-state index is -3.66. The summed E-state index contributed by atoms with van der Waals surface area (Å²) in [5.74, 6) is -0.816. The first kappa shape index (κ1) is 12.3. The summed E-state index contributed by atoms with van der Waals surface area (Å²) in [6.45, 7) is 1.77. The lowest BCUT2D eigenvalue weighted by molar-refractivity contribution is -0.113. The molecule has 0 spiro atoms. The molecule has 0 aliphatic rings. The van der Waals surface area contributed by atoms with E-state index >= 15 is 0 Å². The fourth-order valence-corrected chi connectivity index (χ4v) is 2.05. The standard InChI is InChI=1S/C10H12N2O3S/c1-7-2-3-8(6-9(7)11)16(14,15)5-4-10(12)13/h2-6H,11H2,1H3,(H2,12,13)/b5-4-. The van der Waals surface area contributed by atoms with Gasteiger partial charge in [0.05, 0.1) is 4.90 Å². The molecule has 0 saturated heterocycles. The van der Waals surface area contributed by atoms with Crippen molar-refractivity contribution in [1.82, 2.24) is 0 Å². The van der Waals surface area contributed by atoms with Crippen molar-refractivity contribution in [3.63, 3.8) is 0 Å². The number of benzene rings is 1. The molecule has 1 aromatic rings. The molecule has 1 aromatic carbocycles.